The van der Waals surface area contributed by atoms with E-state index in [9.17, 15) is 19.1 Å². The van der Waals surface area contributed by atoms with Crippen LogP contribution in [0.5, 0.6) is 5.75 Å². The lowest BCUT2D eigenvalue weighted by atomic mass is 10.1. The molecule has 2 N–H and O–H groups in total. The normalized spacial score (nSPS) is 11.7. The fourth-order valence-electron chi connectivity index (χ4n) is 1.73. The Balaban J connectivity index is 2.22. The first-order valence-corrected chi connectivity index (χ1v) is 6.81. The Morgan fingerprint density at radius 2 is 2.14 bits per heavy atom. The molecule has 1 heterocycles. The number of aliphatic carboxylic acids is 1. The molecule has 21 heavy (non-hydrogen) atoms. The van der Waals surface area contributed by atoms with E-state index in [-0.39, 0.29) is 11.3 Å². The first-order valence-electron chi connectivity index (χ1n) is 5.93. The number of carboxylic acids is 1. The number of carbonyl (C=O) groups is 2. The van der Waals surface area contributed by atoms with Crippen LogP contribution < -0.4 is 10.1 Å². The van der Waals surface area contributed by atoms with E-state index < -0.39 is 23.7 Å². The molecule has 5 nitrogen and oxygen atoms in total. The van der Waals surface area contributed by atoms with Crippen molar-refractivity contribution in [2.24, 2.45) is 0 Å². The molecular formula is C14H12FNO4S. The summed E-state index contributed by atoms with van der Waals surface area (Å²) in [6.45, 7) is 0. The summed E-state index contributed by atoms with van der Waals surface area (Å²) in [6, 6.07) is 5.75. The van der Waals surface area contributed by atoms with Gasteiger partial charge in [-0.15, -0.1) is 11.3 Å². The lowest BCUT2D eigenvalue weighted by molar-refractivity contribution is -0.139. The van der Waals surface area contributed by atoms with Gasteiger partial charge in [-0.3, -0.25) is 4.79 Å². The molecule has 0 spiro atoms. The number of carbonyl (C=O) groups excluding carboxylic acids is 1. The molecule has 0 saturated heterocycles. The summed E-state index contributed by atoms with van der Waals surface area (Å²) in [5.74, 6) is -2.46. The van der Waals surface area contributed by atoms with E-state index >= 15 is 0 Å². The molecule has 0 aliphatic heterocycles. The minimum absolute atomic E-state index is 0.0781. The highest BCUT2D eigenvalue weighted by atomic mass is 32.1. The van der Waals surface area contributed by atoms with Crippen LogP contribution in [-0.4, -0.2) is 24.1 Å². The van der Waals surface area contributed by atoms with Gasteiger partial charge in [-0.2, -0.15) is 0 Å². The van der Waals surface area contributed by atoms with Crippen molar-refractivity contribution in [1.82, 2.24) is 5.32 Å². The number of carboxylic acid groups (broad SMARTS) is 1. The molecule has 1 atom stereocenters. The summed E-state index contributed by atoms with van der Waals surface area (Å²) in [5.41, 5.74) is 0.121. The Morgan fingerprint density at radius 1 is 1.38 bits per heavy atom. The second kappa shape index (κ2) is 6.36. The van der Waals surface area contributed by atoms with Gasteiger partial charge in [0.05, 0.1) is 7.11 Å². The number of ether oxygens (including phenoxy) is 1. The minimum atomic E-state index is -1.17. The van der Waals surface area contributed by atoms with Gasteiger partial charge in [-0.05, 0) is 29.6 Å². The third-order valence-corrected chi connectivity index (χ3v) is 3.70. The van der Waals surface area contributed by atoms with Gasteiger partial charge >= 0.3 is 5.97 Å². The van der Waals surface area contributed by atoms with Gasteiger partial charge < -0.3 is 15.2 Å². The number of hydrogen-bond donors (Lipinski definition) is 2. The second-order valence-corrected chi connectivity index (χ2v) is 5.09. The van der Waals surface area contributed by atoms with E-state index in [1.54, 1.807) is 17.5 Å². The third kappa shape index (κ3) is 3.38. The van der Waals surface area contributed by atoms with E-state index in [0.717, 1.165) is 6.07 Å². The van der Waals surface area contributed by atoms with Gasteiger partial charge in [0.15, 0.2) is 17.6 Å². The van der Waals surface area contributed by atoms with Crippen molar-refractivity contribution in [1.29, 1.82) is 0 Å². The minimum Gasteiger partial charge on any atom is -0.494 e. The van der Waals surface area contributed by atoms with Gasteiger partial charge in [0.1, 0.15) is 0 Å². The van der Waals surface area contributed by atoms with Crippen LogP contribution in [-0.2, 0) is 4.79 Å². The predicted molar refractivity (Wildman–Crippen MR) is 75.1 cm³/mol. The van der Waals surface area contributed by atoms with Gasteiger partial charge in [-0.25, -0.2) is 9.18 Å². The lowest BCUT2D eigenvalue weighted by Crippen LogP contribution is -2.33. The number of halogens is 1. The van der Waals surface area contributed by atoms with Gasteiger partial charge in [0.25, 0.3) is 5.91 Å². The molecule has 0 fully saturated rings. The van der Waals surface area contributed by atoms with Crippen LogP contribution in [0.1, 0.15) is 21.3 Å². The monoisotopic (exact) mass is 309 g/mol. The largest absolute Gasteiger partial charge is 0.494 e. The van der Waals surface area contributed by atoms with Crippen molar-refractivity contribution < 1.29 is 23.8 Å². The zero-order chi connectivity index (χ0) is 15.4. The van der Waals surface area contributed by atoms with Crippen LogP contribution in [0, 0.1) is 5.82 Å². The summed E-state index contributed by atoms with van der Waals surface area (Å²) < 4.78 is 18.1. The van der Waals surface area contributed by atoms with Crippen LogP contribution in [0.2, 0.25) is 0 Å². The number of thiophene rings is 1. The Hall–Kier alpha value is -2.41. The third-order valence-electron chi connectivity index (χ3n) is 2.76. The average molecular weight is 309 g/mol. The first kappa shape index (κ1) is 15.0. The number of nitrogens with one attached hydrogen (secondary N) is 1. The van der Waals surface area contributed by atoms with Crippen LogP contribution in [0.3, 0.4) is 0 Å². The van der Waals surface area contributed by atoms with Crippen molar-refractivity contribution in [2.45, 2.75) is 6.04 Å². The topological polar surface area (TPSA) is 75.6 Å². The second-order valence-electron chi connectivity index (χ2n) is 4.11. The van der Waals surface area contributed by atoms with Crippen molar-refractivity contribution >= 4 is 23.2 Å². The molecule has 110 valence electrons. The van der Waals surface area contributed by atoms with Gasteiger partial charge in [0.2, 0.25) is 0 Å². The van der Waals surface area contributed by atoms with Crippen LogP contribution in [0.15, 0.2) is 35.7 Å². The zero-order valence-electron chi connectivity index (χ0n) is 11.0. The van der Waals surface area contributed by atoms with Gasteiger partial charge in [-0.1, -0.05) is 6.07 Å². The van der Waals surface area contributed by atoms with E-state index in [4.69, 9.17) is 4.74 Å². The van der Waals surface area contributed by atoms with E-state index in [1.807, 2.05) is 0 Å². The molecule has 2 rings (SSSR count). The van der Waals surface area contributed by atoms with Gasteiger partial charge in [0, 0.05) is 10.4 Å². The fourth-order valence-corrected chi connectivity index (χ4v) is 2.49. The maximum absolute atomic E-state index is 13.3. The summed E-state index contributed by atoms with van der Waals surface area (Å²) in [6.07, 6.45) is 0. The number of rotatable bonds is 5. The summed E-state index contributed by atoms with van der Waals surface area (Å²) in [5, 5.41) is 13.3. The molecule has 0 saturated carbocycles. The quantitative estimate of drug-likeness (QED) is 0.889. The molecule has 2 aromatic rings. The molecular weight excluding hydrogens is 297 g/mol. The van der Waals surface area contributed by atoms with Crippen molar-refractivity contribution in [3.8, 4) is 5.75 Å². The number of methoxy groups -OCH3 is 1. The molecule has 1 aromatic carbocycles. The Labute approximate surface area is 124 Å². The van der Waals surface area contributed by atoms with Crippen molar-refractivity contribution in [3.63, 3.8) is 0 Å². The maximum atomic E-state index is 13.3. The molecule has 1 amide bonds. The standard InChI is InChI=1S/C14H12FNO4S/c1-20-10-7-8(4-5-9(10)15)13(17)16-12(14(18)19)11-3-2-6-21-11/h2-7,12H,1H3,(H,16,17)(H,18,19). The van der Waals surface area contributed by atoms with Crippen LogP contribution in [0.25, 0.3) is 0 Å². The van der Waals surface area contributed by atoms with Crippen molar-refractivity contribution in [3.05, 3.63) is 52.0 Å². The molecule has 1 aromatic heterocycles. The lowest BCUT2D eigenvalue weighted by Gasteiger charge is -2.13. The molecule has 0 aliphatic rings. The SMILES string of the molecule is COc1cc(C(=O)NC(C(=O)O)c2cccs2)ccc1F. The molecule has 0 aliphatic carbocycles. The zero-order valence-corrected chi connectivity index (χ0v) is 11.8. The van der Waals surface area contributed by atoms with E-state index in [2.05, 4.69) is 5.32 Å². The summed E-state index contributed by atoms with van der Waals surface area (Å²) >= 11 is 1.23. The smallest absolute Gasteiger partial charge is 0.331 e. The Kier molecular flexibility index (Phi) is 4.54. The highest BCUT2D eigenvalue weighted by molar-refractivity contribution is 7.10. The molecule has 0 bridgehead atoms. The van der Waals surface area contributed by atoms with Crippen LogP contribution in [0.4, 0.5) is 4.39 Å². The maximum Gasteiger partial charge on any atom is 0.331 e. The number of hydrogen-bond acceptors (Lipinski definition) is 4. The molecule has 7 heteroatoms. The van der Waals surface area contributed by atoms with E-state index in [1.165, 1.54) is 30.6 Å². The predicted octanol–water partition coefficient (Wildman–Crippen LogP) is 2.45. The Morgan fingerprint density at radius 3 is 2.71 bits per heavy atom. The van der Waals surface area contributed by atoms with E-state index in [0.29, 0.717) is 4.88 Å². The molecule has 1 unspecified atom stereocenters. The molecule has 0 radical (unpaired) electrons. The summed E-state index contributed by atoms with van der Waals surface area (Å²) in [4.78, 5) is 23.8. The highest BCUT2D eigenvalue weighted by Crippen LogP contribution is 2.21. The number of amides is 1. The Bertz CT molecular complexity index is 657. The first-order chi connectivity index (χ1) is 10.0. The van der Waals surface area contributed by atoms with Crippen molar-refractivity contribution in [2.75, 3.05) is 7.11 Å². The number of benzene rings is 1. The highest BCUT2D eigenvalue weighted by Gasteiger charge is 2.24. The summed E-state index contributed by atoms with van der Waals surface area (Å²) in [7, 11) is 1.28. The fraction of sp³-hybridized carbons (Fsp3) is 0.143. The average Bonchev–Trinajstić information content (AvgIpc) is 2.98. The van der Waals surface area contributed by atoms with Crippen LogP contribution >= 0.6 is 11.3 Å².